The molecule has 4 N–H and O–H groups in total. The van der Waals surface area contributed by atoms with E-state index in [0.29, 0.717) is 30.3 Å². The molecule has 0 spiro atoms. The number of carbonyl (C=O) groups excluding carboxylic acids is 1. The Morgan fingerprint density at radius 1 is 0.610 bits per heavy atom. The number of allylic oxidation sites excluding steroid dienone is 14. The number of rotatable bonds is 40. The first-order valence-electron chi connectivity index (χ1n) is 23.0. The average molecular weight is 848 g/mol. The van der Waals surface area contributed by atoms with Gasteiger partial charge < -0.3 is 24.9 Å². The summed E-state index contributed by atoms with van der Waals surface area (Å²) < 4.78 is 23.5. The van der Waals surface area contributed by atoms with Gasteiger partial charge in [0.05, 0.1) is 39.9 Å². The number of hydrogen-bond acceptors (Lipinski definition) is 6. The van der Waals surface area contributed by atoms with Crippen LogP contribution in [0.3, 0.4) is 0 Å². The van der Waals surface area contributed by atoms with Gasteiger partial charge in [0.2, 0.25) is 5.91 Å². The third-order valence-corrected chi connectivity index (χ3v) is 10.7. The number of hydrogen-bond donors (Lipinski definition) is 4. The Kier molecular flexibility index (Phi) is 38.2. The maximum atomic E-state index is 12.9. The van der Waals surface area contributed by atoms with E-state index in [1.807, 2.05) is 21.1 Å². The highest BCUT2D eigenvalue weighted by atomic mass is 31.2. The van der Waals surface area contributed by atoms with Crippen molar-refractivity contribution < 1.29 is 38.0 Å². The number of carbonyl (C=O) groups is 1. The lowest BCUT2D eigenvalue weighted by Gasteiger charge is -2.28. The number of quaternary nitrogens is 1. The van der Waals surface area contributed by atoms with E-state index >= 15 is 0 Å². The number of aliphatic hydroxyl groups excluding tert-OH is 2. The Morgan fingerprint density at radius 3 is 1.61 bits per heavy atom. The molecular weight excluding hydrogens is 760 g/mol. The van der Waals surface area contributed by atoms with Gasteiger partial charge in [-0.05, 0) is 96.3 Å². The molecule has 0 saturated carbocycles. The number of nitrogens with one attached hydrogen (secondary N) is 1. The second-order valence-electron chi connectivity index (χ2n) is 16.5. The smallest absolute Gasteiger partial charge is 0.390 e. The lowest BCUT2D eigenvalue weighted by Crippen LogP contribution is -2.51. The highest BCUT2D eigenvalue weighted by Gasteiger charge is 2.31. The van der Waals surface area contributed by atoms with Crippen LogP contribution >= 0.6 is 7.82 Å². The lowest BCUT2D eigenvalue weighted by atomic mass is 10.0. The molecule has 340 valence electrons. The molecule has 59 heavy (non-hydrogen) atoms. The molecule has 0 rings (SSSR count). The van der Waals surface area contributed by atoms with Crippen molar-refractivity contribution in [2.45, 2.75) is 180 Å². The predicted octanol–water partition coefficient (Wildman–Crippen LogP) is 11.9. The van der Waals surface area contributed by atoms with Crippen LogP contribution in [0, 0.1) is 0 Å². The van der Waals surface area contributed by atoms with E-state index in [1.54, 1.807) is 0 Å². The van der Waals surface area contributed by atoms with Crippen molar-refractivity contribution >= 4 is 13.7 Å². The summed E-state index contributed by atoms with van der Waals surface area (Å²) in [6, 6.07) is -1.07. The molecule has 0 saturated heterocycles. The minimum absolute atomic E-state index is 0.00650. The zero-order chi connectivity index (χ0) is 43.7. The molecule has 1 amide bonds. The molecule has 9 nitrogen and oxygen atoms in total. The fraction of sp³-hybridized carbons (Fsp3) is 0.694. The van der Waals surface area contributed by atoms with Crippen LogP contribution in [-0.4, -0.2) is 84.6 Å². The van der Waals surface area contributed by atoms with Crippen LogP contribution in [-0.2, 0) is 18.4 Å². The van der Waals surface area contributed by atoms with Crippen molar-refractivity contribution in [3.8, 4) is 0 Å². The van der Waals surface area contributed by atoms with Gasteiger partial charge in [0.25, 0.3) is 0 Å². The summed E-state index contributed by atoms with van der Waals surface area (Å²) in [5.41, 5.74) is 0. The standard InChI is InChI=1S/C49H87N2O7P/c1-6-8-10-12-14-16-18-20-21-22-23-24-25-26-27-28-29-30-32-34-36-38-40-42-48(53)50-46(45-58-59(55,56)57-44-43-51(3,4)5)49(54)47(52)41-39-37-35-33-31-19-17-15-13-11-9-7-2/h8,10,14-17,20-21,23-24,26-27,33,35,46-47,49,52,54H,6-7,9,11-13,18-19,22,25,28-32,34,36-45H2,1-5H3,(H-,50,53,55,56)/p+1/b10-8-,16-14-,17-15+,21-20-,24-23-,27-26-,35-33+. The summed E-state index contributed by atoms with van der Waals surface area (Å²) in [4.78, 5) is 23.2. The molecule has 0 radical (unpaired) electrons. The van der Waals surface area contributed by atoms with E-state index in [0.717, 1.165) is 83.5 Å². The van der Waals surface area contributed by atoms with Crippen LogP contribution in [0.4, 0.5) is 0 Å². The quantitative estimate of drug-likeness (QED) is 0.0209. The Labute approximate surface area is 361 Å². The van der Waals surface area contributed by atoms with Gasteiger partial charge in [0.15, 0.2) is 0 Å². The molecule has 0 heterocycles. The fourth-order valence-corrected chi connectivity index (χ4v) is 6.74. The normalized spacial score (nSPS) is 15.6. The molecular formula is C49H88N2O7P+. The molecule has 0 aliphatic heterocycles. The van der Waals surface area contributed by atoms with Gasteiger partial charge in [-0.15, -0.1) is 0 Å². The molecule has 0 aliphatic rings. The summed E-state index contributed by atoms with van der Waals surface area (Å²) in [6.07, 6.45) is 50.8. The van der Waals surface area contributed by atoms with E-state index in [4.69, 9.17) is 9.05 Å². The minimum atomic E-state index is -4.44. The van der Waals surface area contributed by atoms with Gasteiger partial charge >= 0.3 is 7.82 Å². The molecule has 0 aliphatic carbocycles. The molecule has 0 aromatic heterocycles. The number of aliphatic hydroxyl groups is 2. The Balaban J connectivity index is 4.50. The maximum Gasteiger partial charge on any atom is 0.472 e. The third-order valence-electron chi connectivity index (χ3n) is 9.70. The molecule has 0 bridgehead atoms. The number of unbranched alkanes of at least 4 members (excludes halogenated alkanes) is 12. The molecule has 0 aromatic carbocycles. The lowest BCUT2D eigenvalue weighted by molar-refractivity contribution is -0.870. The van der Waals surface area contributed by atoms with Crippen molar-refractivity contribution in [1.82, 2.24) is 5.32 Å². The number of likely N-dealkylation sites (N-methyl/N-ethyl adjacent to an activating group) is 1. The molecule has 0 fully saturated rings. The van der Waals surface area contributed by atoms with Crippen LogP contribution in [0.2, 0.25) is 0 Å². The Hall–Kier alpha value is -2.36. The molecule has 10 heteroatoms. The van der Waals surface area contributed by atoms with Crippen molar-refractivity contribution in [2.75, 3.05) is 40.9 Å². The van der Waals surface area contributed by atoms with Gasteiger partial charge in [0.1, 0.15) is 19.3 Å². The fourth-order valence-electron chi connectivity index (χ4n) is 6.01. The van der Waals surface area contributed by atoms with E-state index in [2.05, 4.69) is 104 Å². The summed E-state index contributed by atoms with van der Waals surface area (Å²) >= 11 is 0. The van der Waals surface area contributed by atoms with Crippen molar-refractivity contribution in [3.63, 3.8) is 0 Å². The minimum Gasteiger partial charge on any atom is -0.390 e. The largest absolute Gasteiger partial charge is 0.472 e. The van der Waals surface area contributed by atoms with Crippen LogP contribution in [0.25, 0.3) is 0 Å². The first-order chi connectivity index (χ1) is 28.4. The Morgan fingerprint density at radius 2 is 1.07 bits per heavy atom. The zero-order valence-electron chi connectivity index (χ0n) is 38.1. The number of phosphoric acid groups is 1. The SMILES string of the molecule is CC/C=C\C/C=C\C/C=C\C/C=C\C/C=C\CCCCCCCCCC(=O)NC(COP(=O)(O)OCC[N+](C)(C)C)C(O)C(O)CCC/C=C/CC/C=C/CCCCC. The van der Waals surface area contributed by atoms with Gasteiger partial charge in [-0.1, -0.05) is 144 Å². The summed E-state index contributed by atoms with van der Waals surface area (Å²) in [7, 11) is 1.38. The number of phosphoric ester groups is 1. The summed E-state index contributed by atoms with van der Waals surface area (Å²) in [5, 5.41) is 24.6. The summed E-state index contributed by atoms with van der Waals surface area (Å²) in [5.74, 6) is -0.289. The van der Waals surface area contributed by atoms with Crippen LogP contribution in [0.1, 0.15) is 162 Å². The van der Waals surface area contributed by atoms with Crippen molar-refractivity contribution in [3.05, 3.63) is 85.1 Å². The van der Waals surface area contributed by atoms with E-state index < -0.39 is 32.7 Å². The molecule has 4 unspecified atom stereocenters. The van der Waals surface area contributed by atoms with Gasteiger partial charge in [0, 0.05) is 6.42 Å². The molecule has 0 aromatic rings. The summed E-state index contributed by atoms with van der Waals surface area (Å²) in [6.45, 7) is 4.39. The second kappa shape index (κ2) is 39.8. The third kappa shape index (κ3) is 40.8. The van der Waals surface area contributed by atoms with Crippen LogP contribution in [0.5, 0.6) is 0 Å². The second-order valence-corrected chi connectivity index (χ2v) is 18.0. The first kappa shape index (κ1) is 56.6. The average Bonchev–Trinajstić information content (AvgIpc) is 3.19. The van der Waals surface area contributed by atoms with Crippen molar-refractivity contribution in [1.29, 1.82) is 0 Å². The highest BCUT2D eigenvalue weighted by Crippen LogP contribution is 2.43. The van der Waals surface area contributed by atoms with Gasteiger partial charge in [-0.25, -0.2) is 4.57 Å². The Bertz CT molecular complexity index is 1250. The number of amides is 1. The monoisotopic (exact) mass is 848 g/mol. The van der Waals surface area contributed by atoms with Gasteiger partial charge in [-0.2, -0.15) is 0 Å². The van der Waals surface area contributed by atoms with Crippen LogP contribution < -0.4 is 5.32 Å². The predicted molar refractivity (Wildman–Crippen MR) is 250 cm³/mol. The van der Waals surface area contributed by atoms with E-state index in [-0.39, 0.29) is 18.9 Å². The van der Waals surface area contributed by atoms with E-state index in [9.17, 15) is 24.5 Å². The maximum absolute atomic E-state index is 12.9. The topological polar surface area (TPSA) is 125 Å². The zero-order valence-corrected chi connectivity index (χ0v) is 39.0. The first-order valence-corrected chi connectivity index (χ1v) is 24.5. The van der Waals surface area contributed by atoms with Crippen molar-refractivity contribution in [2.24, 2.45) is 0 Å². The van der Waals surface area contributed by atoms with Gasteiger partial charge in [-0.3, -0.25) is 13.8 Å². The molecule has 4 atom stereocenters. The number of nitrogens with zero attached hydrogens (tertiary/aromatic N) is 1. The van der Waals surface area contributed by atoms with Crippen LogP contribution in [0.15, 0.2) is 85.1 Å². The van der Waals surface area contributed by atoms with E-state index in [1.165, 1.54) is 38.5 Å². The highest BCUT2D eigenvalue weighted by molar-refractivity contribution is 7.47.